The molecule has 0 aliphatic heterocycles. The molecule has 1 heterocycles. The van der Waals surface area contributed by atoms with Crippen LogP contribution in [-0.2, 0) is 20.7 Å². The van der Waals surface area contributed by atoms with Gasteiger partial charge in [-0.05, 0) is 44.0 Å². The van der Waals surface area contributed by atoms with Gasteiger partial charge in [-0.15, -0.1) is 0 Å². The highest BCUT2D eigenvalue weighted by atomic mass is 19.1. The van der Waals surface area contributed by atoms with Crippen LogP contribution in [0, 0.1) is 19.7 Å². The second kappa shape index (κ2) is 7.95. The van der Waals surface area contributed by atoms with E-state index in [0.29, 0.717) is 16.8 Å². The number of carbonyl (C=O) groups is 3. The predicted octanol–water partition coefficient (Wildman–Crippen LogP) is 2.91. The Labute approximate surface area is 150 Å². The molecule has 2 rings (SSSR count). The Kier molecular flexibility index (Phi) is 5.92. The highest BCUT2D eigenvalue weighted by Crippen LogP contribution is 2.21. The van der Waals surface area contributed by atoms with E-state index in [9.17, 15) is 18.8 Å². The van der Waals surface area contributed by atoms with Crippen LogP contribution in [0.25, 0.3) is 0 Å². The third kappa shape index (κ3) is 4.17. The third-order valence-electron chi connectivity index (χ3n) is 3.99. The van der Waals surface area contributed by atoms with Gasteiger partial charge in [-0.1, -0.05) is 12.1 Å². The monoisotopic (exact) mass is 361 g/mol. The standard InChI is InChI=1S/C19H20FNO5/c1-10-16(19(24)25-4)11(2)21-17(10)18(23)12(3)26-15(22)9-13-6-5-7-14(20)8-13/h5-8,12,21H,9H2,1-4H3/t12-/m0/s1. The van der Waals surface area contributed by atoms with E-state index < -0.39 is 29.6 Å². The summed E-state index contributed by atoms with van der Waals surface area (Å²) in [6.45, 7) is 4.71. The first kappa shape index (κ1) is 19.4. The number of methoxy groups -OCH3 is 1. The Bertz CT molecular complexity index is 856. The van der Waals surface area contributed by atoms with Crippen LogP contribution in [0.3, 0.4) is 0 Å². The number of aromatic amines is 1. The third-order valence-corrected chi connectivity index (χ3v) is 3.99. The summed E-state index contributed by atoms with van der Waals surface area (Å²) in [5, 5.41) is 0. The minimum absolute atomic E-state index is 0.147. The average molecular weight is 361 g/mol. The van der Waals surface area contributed by atoms with E-state index in [1.807, 2.05) is 0 Å². The minimum Gasteiger partial charge on any atom is -0.465 e. The van der Waals surface area contributed by atoms with Gasteiger partial charge in [0.05, 0.1) is 24.8 Å². The van der Waals surface area contributed by atoms with Crippen LogP contribution in [0.5, 0.6) is 0 Å². The number of ether oxygens (including phenoxy) is 2. The number of H-pyrrole nitrogens is 1. The average Bonchev–Trinajstić information content (AvgIpc) is 2.87. The fourth-order valence-corrected chi connectivity index (χ4v) is 2.71. The first-order chi connectivity index (χ1) is 12.2. The number of hydrogen-bond acceptors (Lipinski definition) is 5. The van der Waals surface area contributed by atoms with Crippen LogP contribution in [0.2, 0.25) is 0 Å². The number of ketones is 1. The molecule has 1 N–H and O–H groups in total. The molecule has 0 fully saturated rings. The van der Waals surface area contributed by atoms with Gasteiger partial charge in [0.1, 0.15) is 5.82 Å². The summed E-state index contributed by atoms with van der Waals surface area (Å²) in [5.74, 6) is -2.11. The van der Waals surface area contributed by atoms with Crippen LogP contribution in [0.4, 0.5) is 4.39 Å². The summed E-state index contributed by atoms with van der Waals surface area (Å²) in [5.41, 5.74) is 1.86. The molecule has 0 saturated carbocycles. The molecule has 0 aliphatic rings. The van der Waals surface area contributed by atoms with Gasteiger partial charge in [0.25, 0.3) is 0 Å². The van der Waals surface area contributed by atoms with E-state index in [-0.39, 0.29) is 17.7 Å². The SMILES string of the molecule is COC(=O)c1c(C)[nH]c(C(=O)[C@H](C)OC(=O)Cc2cccc(F)c2)c1C. The molecule has 6 nitrogen and oxygen atoms in total. The lowest BCUT2D eigenvalue weighted by atomic mass is 10.1. The summed E-state index contributed by atoms with van der Waals surface area (Å²) in [6, 6.07) is 5.59. The van der Waals surface area contributed by atoms with Gasteiger partial charge < -0.3 is 14.5 Å². The van der Waals surface area contributed by atoms with Crippen LogP contribution < -0.4 is 0 Å². The molecule has 1 aromatic carbocycles. The lowest BCUT2D eigenvalue weighted by Gasteiger charge is -2.12. The van der Waals surface area contributed by atoms with Crippen molar-refractivity contribution in [2.24, 2.45) is 0 Å². The van der Waals surface area contributed by atoms with Crippen molar-refractivity contribution in [3.05, 3.63) is 58.2 Å². The van der Waals surface area contributed by atoms with E-state index in [2.05, 4.69) is 4.98 Å². The van der Waals surface area contributed by atoms with Crippen LogP contribution >= 0.6 is 0 Å². The molecule has 0 amide bonds. The second-order valence-corrected chi connectivity index (χ2v) is 5.92. The molecule has 0 saturated heterocycles. The van der Waals surface area contributed by atoms with Crippen LogP contribution in [-0.4, -0.2) is 35.9 Å². The Hall–Kier alpha value is -2.96. The quantitative estimate of drug-likeness (QED) is 0.632. The number of esters is 2. The zero-order valence-corrected chi connectivity index (χ0v) is 15.0. The maximum Gasteiger partial charge on any atom is 0.339 e. The number of halogens is 1. The second-order valence-electron chi connectivity index (χ2n) is 5.92. The van der Waals surface area contributed by atoms with E-state index in [4.69, 9.17) is 9.47 Å². The normalized spacial score (nSPS) is 11.7. The van der Waals surface area contributed by atoms with E-state index in [1.54, 1.807) is 19.9 Å². The van der Waals surface area contributed by atoms with E-state index >= 15 is 0 Å². The molecule has 0 bridgehead atoms. The molecular formula is C19H20FNO5. The molecule has 0 radical (unpaired) electrons. The molecule has 1 atom stereocenters. The highest BCUT2D eigenvalue weighted by molar-refractivity contribution is 6.04. The smallest absolute Gasteiger partial charge is 0.339 e. The molecular weight excluding hydrogens is 341 g/mol. The summed E-state index contributed by atoms with van der Waals surface area (Å²) in [4.78, 5) is 39.2. The summed E-state index contributed by atoms with van der Waals surface area (Å²) < 4.78 is 23.0. The zero-order valence-electron chi connectivity index (χ0n) is 15.0. The van der Waals surface area contributed by atoms with E-state index in [0.717, 1.165) is 0 Å². The highest BCUT2D eigenvalue weighted by Gasteiger charge is 2.27. The number of nitrogens with one attached hydrogen (secondary N) is 1. The lowest BCUT2D eigenvalue weighted by Crippen LogP contribution is -2.26. The molecule has 2 aromatic rings. The van der Waals surface area contributed by atoms with Gasteiger partial charge >= 0.3 is 11.9 Å². The Balaban J connectivity index is 2.10. The fraction of sp³-hybridized carbons (Fsp3) is 0.316. The largest absolute Gasteiger partial charge is 0.465 e. The number of aromatic nitrogens is 1. The number of hydrogen-bond donors (Lipinski definition) is 1. The molecule has 26 heavy (non-hydrogen) atoms. The van der Waals surface area contributed by atoms with Gasteiger partial charge in [0.15, 0.2) is 6.10 Å². The van der Waals surface area contributed by atoms with Crippen molar-refractivity contribution < 1.29 is 28.2 Å². The van der Waals surface area contributed by atoms with Crippen molar-refractivity contribution in [1.82, 2.24) is 4.98 Å². The zero-order chi connectivity index (χ0) is 19.4. The van der Waals surface area contributed by atoms with Crippen LogP contribution in [0.15, 0.2) is 24.3 Å². The number of rotatable bonds is 6. The van der Waals surface area contributed by atoms with Gasteiger partial charge in [-0.2, -0.15) is 0 Å². The van der Waals surface area contributed by atoms with Crippen molar-refractivity contribution in [2.75, 3.05) is 7.11 Å². The molecule has 1 aromatic heterocycles. The molecule has 0 aliphatic carbocycles. The van der Waals surface area contributed by atoms with Crippen molar-refractivity contribution in [3.63, 3.8) is 0 Å². The first-order valence-corrected chi connectivity index (χ1v) is 8.00. The van der Waals surface area contributed by atoms with Crippen LogP contribution in [0.1, 0.15) is 44.6 Å². The van der Waals surface area contributed by atoms with Gasteiger partial charge in [0, 0.05) is 5.69 Å². The molecule has 0 unspecified atom stereocenters. The Morgan fingerprint density at radius 3 is 2.54 bits per heavy atom. The summed E-state index contributed by atoms with van der Waals surface area (Å²) in [6.07, 6.45) is -1.20. The van der Waals surface area contributed by atoms with Crippen molar-refractivity contribution in [3.8, 4) is 0 Å². The molecule has 0 spiro atoms. The van der Waals surface area contributed by atoms with Gasteiger partial charge in [-0.3, -0.25) is 9.59 Å². The topological polar surface area (TPSA) is 85.5 Å². The molecule has 7 heteroatoms. The van der Waals surface area contributed by atoms with Gasteiger partial charge in [-0.25, -0.2) is 9.18 Å². The number of carbonyl (C=O) groups excluding carboxylic acids is 3. The number of benzene rings is 1. The first-order valence-electron chi connectivity index (χ1n) is 8.00. The summed E-state index contributed by atoms with van der Waals surface area (Å²) in [7, 11) is 1.26. The fourth-order valence-electron chi connectivity index (χ4n) is 2.71. The Morgan fingerprint density at radius 2 is 1.92 bits per heavy atom. The van der Waals surface area contributed by atoms with Gasteiger partial charge in [0.2, 0.25) is 5.78 Å². The molecule has 138 valence electrons. The number of aryl methyl sites for hydroxylation is 1. The minimum atomic E-state index is -1.06. The maximum atomic E-state index is 13.2. The van der Waals surface area contributed by atoms with Crippen molar-refractivity contribution >= 4 is 17.7 Å². The Morgan fingerprint density at radius 1 is 1.23 bits per heavy atom. The van der Waals surface area contributed by atoms with Crippen molar-refractivity contribution in [1.29, 1.82) is 0 Å². The van der Waals surface area contributed by atoms with E-state index in [1.165, 1.54) is 32.2 Å². The predicted molar refractivity (Wildman–Crippen MR) is 91.6 cm³/mol. The number of Topliss-reactive ketones (excluding diaryl/α,β-unsaturated/α-hetero) is 1. The maximum absolute atomic E-state index is 13.2. The van der Waals surface area contributed by atoms with Crippen molar-refractivity contribution in [2.45, 2.75) is 33.3 Å². The summed E-state index contributed by atoms with van der Waals surface area (Å²) >= 11 is 0. The lowest BCUT2D eigenvalue weighted by molar-refractivity contribution is -0.145.